The van der Waals surface area contributed by atoms with Gasteiger partial charge in [-0.2, -0.15) is 0 Å². The van der Waals surface area contributed by atoms with Gasteiger partial charge in [-0.25, -0.2) is 4.98 Å². The van der Waals surface area contributed by atoms with Crippen LogP contribution in [0.3, 0.4) is 0 Å². The van der Waals surface area contributed by atoms with E-state index in [-0.39, 0.29) is 17.7 Å². The minimum Gasteiger partial charge on any atom is -0.391 e. The maximum absolute atomic E-state index is 12.7. The van der Waals surface area contributed by atoms with Gasteiger partial charge in [0.25, 0.3) is 5.56 Å². The van der Waals surface area contributed by atoms with Gasteiger partial charge in [0.1, 0.15) is 11.5 Å². The normalized spacial score (nSPS) is 11.0. The smallest absolute Gasteiger partial charge is 0.265 e. The Kier molecular flexibility index (Phi) is 3.88. The second kappa shape index (κ2) is 5.85. The van der Waals surface area contributed by atoms with Crippen molar-refractivity contribution in [3.8, 4) is 0 Å². The molecule has 0 atom stereocenters. The zero-order chi connectivity index (χ0) is 16.6. The van der Waals surface area contributed by atoms with E-state index in [0.717, 1.165) is 22.5 Å². The Morgan fingerprint density at radius 3 is 2.61 bits per heavy atom. The number of pyridine rings is 1. The number of aryl methyl sites for hydroxylation is 3. The average molecular weight is 309 g/mol. The molecule has 0 fully saturated rings. The minimum absolute atomic E-state index is 0.245. The third kappa shape index (κ3) is 2.83. The van der Waals surface area contributed by atoms with Gasteiger partial charge in [-0.1, -0.05) is 12.1 Å². The highest BCUT2D eigenvalue weighted by molar-refractivity contribution is 5.62. The van der Waals surface area contributed by atoms with Crippen LogP contribution >= 0.6 is 0 Å². The molecule has 23 heavy (non-hydrogen) atoms. The Morgan fingerprint density at radius 2 is 1.91 bits per heavy atom. The third-order valence-corrected chi connectivity index (χ3v) is 3.79. The fourth-order valence-corrected chi connectivity index (χ4v) is 2.75. The van der Waals surface area contributed by atoms with Crippen molar-refractivity contribution in [1.82, 2.24) is 9.38 Å². The molecule has 0 bridgehead atoms. The Balaban J connectivity index is 2.22. The highest BCUT2D eigenvalue weighted by atomic mass is 16.3. The summed E-state index contributed by atoms with van der Waals surface area (Å²) in [5, 5.41) is 12.8. The van der Waals surface area contributed by atoms with Crippen LogP contribution in [-0.2, 0) is 6.61 Å². The number of fused-ring (bicyclic) bond motifs is 1. The second-order valence-corrected chi connectivity index (χ2v) is 5.76. The molecule has 1 aromatic carbocycles. The second-order valence-electron chi connectivity index (χ2n) is 5.76. The number of nitrogens with one attached hydrogen (secondary N) is 1. The highest BCUT2D eigenvalue weighted by Gasteiger charge is 2.14. The lowest BCUT2D eigenvalue weighted by Gasteiger charge is -2.13. The van der Waals surface area contributed by atoms with Crippen LogP contribution in [0.1, 0.15) is 22.4 Å². The van der Waals surface area contributed by atoms with Gasteiger partial charge in [-0.05, 0) is 56.2 Å². The predicted octanol–water partition coefficient (Wildman–Crippen LogP) is 2.86. The molecule has 0 aliphatic heterocycles. The molecule has 118 valence electrons. The van der Waals surface area contributed by atoms with E-state index in [2.05, 4.69) is 10.3 Å². The number of aliphatic hydroxyl groups excluding tert-OH is 1. The summed E-state index contributed by atoms with van der Waals surface area (Å²) in [5.74, 6) is 0.396. The molecule has 0 aliphatic rings. The van der Waals surface area contributed by atoms with E-state index in [1.54, 1.807) is 0 Å². The van der Waals surface area contributed by atoms with Gasteiger partial charge >= 0.3 is 0 Å². The molecule has 3 aromatic rings. The Labute approximate surface area is 134 Å². The van der Waals surface area contributed by atoms with E-state index in [4.69, 9.17) is 0 Å². The molecule has 0 radical (unpaired) electrons. The van der Waals surface area contributed by atoms with Crippen molar-refractivity contribution in [3.63, 3.8) is 0 Å². The lowest BCUT2D eigenvalue weighted by atomic mass is 10.2. The number of hydrogen-bond acceptors (Lipinski definition) is 4. The Hall–Kier alpha value is -2.66. The van der Waals surface area contributed by atoms with Crippen molar-refractivity contribution < 1.29 is 5.11 Å². The lowest BCUT2D eigenvalue weighted by Crippen LogP contribution is -2.23. The number of benzene rings is 1. The standard InChI is InChI=1S/C18H19N3O2/c1-11-5-4-6-14(8-11)19-17-15(10-22)18(23)21-13(3)7-12(2)9-16(21)20-17/h4-9,19,22H,10H2,1-3H3. The van der Waals surface area contributed by atoms with Gasteiger partial charge in [0.2, 0.25) is 0 Å². The van der Waals surface area contributed by atoms with Gasteiger partial charge in [0, 0.05) is 11.4 Å². The number of nitrogens with zero attached hydrogens (tertiary/aromatic N) is 2. The Morgan fingerprint density at radius 1 is 1.13 bits per heavy atom. The average Bonchev–Trinajstić information content (AvgIpc) is 2.46. The molecule has 2 N–H and O–H groups in total. The van der Waals surface area contributed by atoms with Crippen molar-refractivity contribution in [3.05, 3.63) is 69.1 Å². The van der Waals surface area contributed by atoms with Gasteiger partial charge in [0.15, 0.2) is 0 Å². The number of hydrogen-bond donors (Lipinski definition) is 2. The summed E-state index contributed by atoms with van der Waals surface area (Å²) in [6.07, 6.45) is 0. The van der Waals surface area contributed by atoms with E-state index in [0.29, 0.717) is 11.5 Å². The summed E-state index contributed by atoms with van der Waals surface area (Å²) in [5.41, 5.74) is 4.35. The fourth-order valence-electron chi connectivity index (χ4n) is 2.75. The number of rotatable bonds is 3. The molecule has 0 amide bonds. The van der Waals surface area contributed by atoms with Crippen LogP contribution in [0.15, 0.2) is 41.2 Å². The summed E-state index contributed by atoms with van der Waals surface area (Å²) in [7, 11) is 0. The van der Waals surface area contributed by atoms with Crippen LogP contribution in [0.4, 0.5) is 11.5 Å². The monoisotopic (exact) mass is 309 g/mol. The van der Waals surface area contributed by atoms with Crippen molar-refractivity contribution in [2.45, 2.75) is 27.4 Å². The summed E-state index contributed by atoms with van der Waals surface area (Å²) in [4.78, 5) is 17.2. The SMILES string of the molecule is Cc1cccc(Nc2nc3cc(C)cc(C)n3c(=O)c2CO)c1. The molecule has 2 aromatic heterocycles. The van der Waals surface area contributed by atoms with Crippen LogP contribution in [0.2, 0.25) is 0 Å². The molecule has 0 aliphatic carbocycles. The van der Waals surface area contributed by atoms with E-state index >= 15 is 0 Å². The van der Waals surface area contributed by atoms with Crippen LogP contribution in [-0.4, -0.2) is 14.5 Å². The van der Waals surface area contributed by atoms with Crippen molar-refractivity contribution in [1.29, 1.82) is 0 Å². The van der Waals surface area contributed by atoms with Gasteiger partial charge in [0.05, 0.1) is 12.2 Å². The molecule has 0 saturated heterocycles. The molecule has 5 nitrogen and oxygen atoms in total. The molecular weight excluding hydrogens is 290 g/mol. The first-order valence-corrected chi connectivity index (χ1v) is 7.47. The van der Waals surface area contributed by atoms with Crippen LogP contribution in [0, 0.1) is 20.8 Å². The zero-order valence-corrected chi connectivity index (χ0v) is 13.4. The summed E-state index contributed by atoms with van der Waals surface area (Å²) < 4.78 is 1.53. The zero-order valence-electron chi connectivity index (χ0n) is 13.4. The first kappa shape index (κ1) is 15.2. The highest BCUT2D eigenvalue weighted by Crippen LogP contribution is 2.19. The topological polar surface area (TPSA) is 66.6 Å². The minimum atomic E-state index is -0.365. The summed E-state index contributed by atoms with van der Waals surface area (Å²) >= 11 is 0. The van der Waals surface area contributed by atoms with Crippen LogP contribution in [0.5, 0.6) is 0 Å². The predicted molar refractivity (Wildman–Crippen MR) is 91.3 cm³/mol. The van der Waals surface area contributed by atoms with E-state index < -0.39 is 0 Å². The van der Waals surface area contributed by atoms with Crippen LogP contribution < -0.4 is 10.9 Å². The van der Waals surface area contributed by atoms with Crippen LogP contribution in [0.25, 0.3) is 5.65 Å². The molecule has 3 rings (SSSR count). The van der Waals surface area contributed by atoms with E-state index in [1.807, 2.05) is 57.2 Å². The molecule has 0 spiro atoms. The van der Waals surface area contributed by atoms with Gasteiger partial charge < -0.3 is 10.4 Å². The van der Waals surface area contributed by atoms with Crippen molar-refractivity contribution >= 4 is 17.2 Å². The first-order chi connectivity index (χ1) is 11.0. The summed E-state index contributed by atoms with van der Waals surface area (Å²) in [6.45, 7) is 5.45. The quantitative estimate of drug-likeness (QED) is 0.781. The Bertz CT molecular complexity index is 945. The van der Waals surface area contributed by atoms with Crippen molar-refractivity contribution in [2.24, 2.45) is 0 Å². The maximum atomic E-state index is 12.7. The fraction of sp³-hybridized carbons (Fsp3) is 0.222. The lowest BCUT2D eigenvalue weighted by molar-refractivity contribution is 0.280. The molecule has 2 heterocycles. The summed E-state index contributed by atoms with van der Waals surface area (Å²) in [6, 6.07) is 11.6. The number of aliphatic hydroxyl groups is 1. The van der Waals surface area contributed by atoms with Gasteiger partial charge in [-0.3, -0.25) is 9.20 Å². The molecule has 0 unspecified atom stereocenters. The maximum Gasteiger partial charge on any atom is 0.265 e. The van der Waals surface area contributed by atoms with E-state index in [1.165, 1.54) is 4.40 Å². The molecule has 5 heteroatoms. The van der Waals surface area contributed by atoms with Gasteiger partial charge in [-0.15, -0.1) is 0 Å². The van der Waals surface area contributed by atoms with E-state index in [9.17, 15) is 9.90 Å². The largest absolute Gasteiger partial charge is 0.391 e. The number of aromatic nitrogens is 2. The van der Waals surface area contributed by atoms with Crippen molar-refractivity contribution in [2.75, 3.05) is 5.32 Å². The third-order valence-electron chi connectivity index (χ3n) is 3.79. The molecular formula is C18H19N3O2. The molecule has 0 saturated carbocycles. The first-order valence-electron chi connectivity index (χ1n) is 7.47. The number of anilines is 2.